The van der Waals surface area contributed by atoms with Gasteiger partial charge in [-0.15, -0.1) is 0 Å². The zero-order valence-electron chi connectivity index (χ0n) is 10.1. The fourth-order valence-corrected chi connectivity index (χ4v) is 1.64. The van der Waals surface area contributed by atoms with Gasteiger partial charge in [0.15, 0.2) is 0 Å². The fourth-order valence-electron chi connectivity index (χ4n) is 1.64. The number of anilines is 1. The fraction of sp³-hybridized carbons (Fsp3) is 0.250. The Balaban J connectivity index is 2.48. The summed E-state index contributed by atoms with van der Waals surface area (Å²) in [4.78, 5) is 27.5. The van der Waals surface area contributed by atoms with Crippen LogP contribution in [0.4, 0.5) is 10.5 Å². The molecule has 6 nitrogen and oxygen atoms in total. The Morgan fingerprint density at radius 2 is 2.28 bits per heavy atom. The zero-order chi connectivity index (χ0) is 13.1. The molecule has 0 radical (unpaired) electrons. The largest absolute Gasteiger partial charge is 0.450 e. The molecule has 2 aromatic rings. The number of aryl methyl sites for hydroxylation is 1. The molecule has 0 unspecified atom stereocenters. The van der Waals surface area contributed by atoms with E-state index in [1.807, 2.05) is 6.07 Å². The number of amides is 1. The molecule has 0 aliphatic rings. The molecule has 6 heteroatoms. The second kappa shape index (κ2) is 4.87. The maximum absolute atomic E-state index is 12.1. The zero-order valence-corrected chi connectivity index (χ0v) is 10.1. The van der Waals surface area contributed by atoms with Gasteiger partial charge in [-0.1, -0.05) is 6.07 Å². The van der Waals surface area contributed by atoms with Crippen molar-refractivity contribution < 1.29 is 9.53 Å². The van der Waals surface area contributed by atoms with Crippen molar-refractivity contribution in [1.29, 1.82) is 0 Å². The van der Waals surface area contributed by atoms with E-state index < -0.39 is 6.09 Å². The molecule has 2 aromatic heterocycles. The van der Waals surface area contributed by atoms with Crippen molar-refractivity contribution in [3.63, 3.8) is 0 Å². The number of hydrogen-bond donors (Lipinski definition) is 1. The van der Waals surface area contributed by atoms with Gasteiger partial charge >= 0.3 is 6.09 Å². The normalized spacial score (nSPS) is 10.3. The topological polar surface area (TPSA) is 72.7 Å². The van der Waals surface area contributed by atoms with Crippen LogP contribution in [0.3, 0.4) is 0 Å². The van der Waals surface area contributed by atoms with E-state index in [1.165, 1.54) is 10.6 Å². The second-order valence-electron chi connectivity index (χ2n) is 3.68. The minimum absolute atomic E-state index is 0.0975. The quantitative estimate of drug-likeness (QED) is 0.874. The van der Waals surface area contributed by atoms with E-state index >= 15 is 0 Å². The Morgan fingerprint density at radius 3 is 3.00 bits per heavy atom. The molecule has 1 amide bonds. The number of fused-ring (bicyclic) bond motifs is 1. The van der Waals surface area contributed by atoms with Crippen LogP contribution in [0.25, 0.3) is 5.65 Å². The number of ether oxygens (including phenoxy) is 1. The lowest BCUT2D eigenvalue weighted by molar-refractivity contribution is 0.168. The number of rotatable bonds is 2. The summed E-state index contributed by atoms with van der Waals surface area (Å²) in [5.41, 5.74) is 1.05. The molecular weight excluding hydrogens is 234 g/mol. The summed E-state index contributed by atoms with van der Waals surface area (Å²) in [5.74, 6) is 0. The summed E-state index contributed by atoms with van der Waals surface area (Å²) >= 11 is 0. The Labute approximate surface area is 103 Å². The van der Waals surface area contributed by atoms with Crippen molar-refractivity contribution in [3.8, 4) is 0 Å². The van der Waals surface area contributed by atoms with E-state index in [4.69, 9.17) is 4.74 Å². The first-order chi connectivity index (χ1) is 8.63. The van der Waals surface area contributed by atoms with Crippen LogP contribution in [0, 0.1) is 6.92 Å². The first kappa shape index (κ1) is 12.1. The number of pyridine rings is 1. The second-order valence-corrected chi connectivity index (χ2v) is 3.68. The molecule has 0 aliphatic heterocycles. The van der Waals surface area contributed by atoms with E-state index in [0.717, 1.165) is 5.69 Å². The number of carbonyl (C=O) groups is 1. The molecule has 0 bridgehead atoms. The number of nitrogens with zero attached hydrogens (tertiary/aromatic N) is 2. The molecule has 0 saturated carbocycles. The number of nitrogens with one attached hydrogen (secondary N) is 1. The maximum Gasteiger partial charge on any atom is 0.411 e. The molecule has 18 heavy (non-hydrogen) atoms. The van der Waals surface area contributed by atoms with E-state index in [9.17, 15) is 9.59 Å². The van der Waals surface area contributed by atoms with Crippen molar-refractivity contribution in [2.24, 2.45) is 0 Å². The Kier molecular flexibility index (Phi) is 3.27. The van der Waals surface area contributed by atoms with Gasteiger partial charge < -0.3 is 4.74 Å². The lowest BCUT2D eigenvalue weighted by Crippen LogP contribution is -2.24. The van der Waals surface area contributed by atoms with E-state index in [2.05, 4.69) is 10.3 Å². The smallest absolute Gasteiger partial charge is 0.411 e. The van der Waals surface area contributed by atoms with Gasteiger partial charge in [0.1, 0.15) is 11.3 Å². The molecule has 1 N–H and O–H groups in total. The highest BCUT2D eigenvalue weighted by Crippen LogP contribution is 2.05. The van der Waals surface area contributed by atoms with E-state index in [0.29, 0.717) is 5.65 Å². The number of carbonyl (C=O) groups excluding carboxylic acids is 1. The third kappa shape index (κ3) is 2.17. The SMILES string of the molecule is CCOC(=O)Nc1cnc2cccc(C)n2c1=O. The third-order valence-corrected chi connectivity index (χ3v) is 2.44. The van der Waals surface area contributed by atoms with Crippen LogP contribution in [0.15, 0.2) is 29.2 Å². The van der Waals surface area contributed by atoms with Crippen molar-refractivity contribution in [1.82, 2.24) is 9.38 Å². The summed E-state index contributed by atoms with van der Waals surface area (Å²) in [6.45, 7) is 3.73. The lowest BCUT2D eigenvalue weighted by Gasteiger charge is -2.07. The minimum Gasteiger partial charge on any atom is -0.450 e. The monoisotopic (exact) mass is 247 g/mol. The molecule has 2 rings (SSSR count). The summed E-state index contributed by atoms with van der Waals surface area (Å²) in [6.07, 6.45) is 0.665. The van der Waals surface area contributed by atoms with Crippen LogP contribution < -0.4 is 10.9 Å². The number of aromatic nitrogens is 2. The minimum atomic E-state index is -0.662. The Hall–Kier alpha value is -2.37. The summed E-state index contributed by atoms with van der Waals surface area (Å²) in [5, 5.41) is 2.37. The van der Waals surface area contributed by atoms with E-state index in [-0.39, 0.29) is 17.9 Å². The van der Waals surface area contributed by atoms with Gasteiger partial charge in [-0.05, 0) is 26.0 Å². The average Bonchev–Trinajstić information content (AvgIpc) is 2.33. The van der Waals surface area contributed by atoms with Crippen molar-refractivity contribution >= 4 is 17.4 Å². The summed E-state index contributed by atoms with van der Waals surface area (Å²) in [7, 11) is 0. The van der Waals surface area contributed by atoms with Crippen LogP contribution in [-0.4, -0.2) is 22.1 Å². The lowest BCUT2D eigenvalue weighted by atomic mass is 10.3. The maximum atomic E-state index is 12.1. The molecule has 0 atom stereocenters. The van der Waals surface area contributed by atoms with Gasteiger partial charge in [0.05, 0.1) is 12.8 Å². The summed E-state index contributed by atoms with van der Waals surface area (Å²) < 4.78 is 6.15. The van der Waals surface area contributed by atoms with Gasteiger partial charge in [-0.3, -0.25) is 14.5 Å². The Bertz CT molecular complexity index is 649. The standard InChI is InChI=1S/C12H13N3O3/c1-3-18-12(17)14-9-7-13-10-6-4-5-8(2)15(10)11(9)16/h4-7H,3H2,1-2H3,(H,14,17). The van der Waals surface area contributed by atoms with E-state index in [1.54, 1.807) is 26.0 Å². The molecular formula is C12H13N3O3. The Morgan fingerprint density at radius 1 is 1.50 bits per heavy atom. The van der Waals surface area contributed by atoms with Crippen molar-refractivity contribution in [2.75, 3.05) is 11.9 Å². The average molecular weight is 247 g/mol. The predicted molar refractivity (Wildman–Crippen MR) is 66.8 cm³/mol. The predicted octanol–water partition coefficient (Wildman–Crippen LogP) is 1.57. The van der Waals surface area contributed by atoms with Gasteiger partial charge in [-0.2, -0.15) is 0 Å². The van der Waals surface area contributed by atoms with Gasteiger partial charge in [-0.25, -0.2) is 9.78 Å². The highest BCUT2D eigenvalue weighted by molar-refractivity contribution is 5.84. The third-order valence-electron chi connectivity index (χ3n) is 2.44. The summed E-state index contributed by atoms with van der Waals surface area (Å²) in [6, 6.07) is 5.34. The molecule has 0 aromatic carbocycles. The first-order valence-corrected chi connectivity index (χ1v) is 5.54. The highest BCUT2D eigenvalue weighted by atomic mass is 16.5. The van der Waals surface area contributed by atoms with Crippen LogP contribution in [0.5, 0.6) is 0 Å². The molecule has 0 saturated heterocycles. The molecule has 0 fully saturated rings. The van der Waals surface area contributed by atoms with Crippen LogP contribution in [0.1, 0.15) is 12.6 Å². The highest BCUT2D eigenvalue weighted by Gasteiger charge is 2.09. The van der Waals surface area contributed by atoms with Gasteiger partial charge in [0.2, 0.25) is 0 Å². The molecule has 0 aliphatic carbocycles. The van der Waals surface area contributed by atoms with Crippen LogP contribution >= 0.6 is 0 Å². The van der Waals surface area contributed by atoms with Crippen molar-refractivity contribution in [2.45, 2.75) is 13.8 Å². The first-order valence-electron chi connectivity index (χ1n) is 5.54. The van der Waals surface area contributed by atoms with Gasteiger partial charge in [0, 0.05) is 5.69 Å². The van der Waals surface area contributed by atoms with Crippen molar-refractivity contribution in [3.05, 3.63) is 40.4 Å². The molecule has 0 spiro atoms. The molecule has 94 valence electrons. The number of hydrogen-bond acceptors (Lipinski definition) is 4. The van der Waals surface area contributed by atoms with Gasteiger partial charge in [0.25, 0.3) is 5.56 Å². The van der Waals surface area contributed by atoms with Crippen LogP contribution in [0.2, 0.25) is 0 Å². The van der Waals surface area contributed by atoms with Crippen LogP contribution in [-0.2, 0) is 4.74 Å². The molecule has 2 heterocycles.